The fourth-order valence-electron chi connectivity index (χ4n) is 8.59. The number of nitrogens with two attached hydrogens (primary N) is 2. The Hall–Kier alpha value is -8.24. The summed E-state index contributed by atoms with van der Waals surface area (Å²) in [4.78, 5) is 31.0. The van der Waals surface area contributed by atoms with Crippen LogP contribution in [0.2, 0.25) is 0 Å². The molecule has 0 radical (unpaired) electrons. The summed E-state index contributed by atoms with van der Waals surface area (Å²) >= 11 is 0. The Morgan fingerprint density at radius 3 is 1.40 bits per heavy atom. The fourth-order valence-corrected chi connectivity index (χ4v) is 10.0. The number of sulfonamides is 2. The molecule has 22 heteroatoms. The van der Waals surface area contributed by atoms with Crippen LogP contribution in [0.25, 0.3) is 33.4 Å². The lowest BCUT2D eigenvalue weighted by atomic mass is 9.94. The van der Waals surface area contributed by atoms with Crippen LogP contribution in [-0.2, 0) is 52.0 Å². The van der Waals surface area contributed by atoms with Crippen molar-refractivity contribution in [1.82, 2.24) is 34.1 Å². The number of primary sulfonamides is 1. The first-order chi connectivity index (χ1) is 39.0. The van der Waals surface area contributed by atoms with E-state index in [4.69, 9.17) is 10.9 Å². The summed E-state index contributed by atoms with van der Waals surface area (Å²) in [6.45, 7) is 12.7. The Balaban J connectivity index is 0.000000216. The highest BCUT2D eigenvalue weighted by atomic mass is 32.2. The van der Waals surface area contributed by atoms with E-state index >= 15 is 0 Å². The number of amides is 2. The molecule has 0 saturated heterocycles. The zero-order valence-corrected chi connectivity index (χ0v) is 50.2. The molecule has 8 rings (SSSR count). The van der Waals surface area contributed by atoms with E-state index in [1.165, 1.54) is 57.9 Å². The van der Waals surface area contributed by atoms with Gasteiger partial charge < -0.3 is 20.9 Å². The van der Waals surface area contributed by atoms with E-state index in [0.29, 0.717) is 63.7 Å². The van der Waals surface area contributed by atoms with E-state index in [-0.39, 0.29) is 39.4 Å². The van der Waals surface area contributed by atoms with Gasteiger partial charge in [0.25, 0.3) is 20.0 Å². The molecule has 0 saturated carbocycles. The molecule has 8 aromatic rings. The quantitative estimate of drug-likeness (QED) is 0.0428. The van der Waals surface area contributed by atoms with Crippen molar-refractivity contribution in [2.24, 2.45) is 24.2 Å². The van der Waals surface area contributed by atoms with Crippen molar-refractivity contribution in [1.29, 1.82) is 0 Å². The molecule has 0 aliphatic heterocycles. The first kappa shape index (κ1) is 65.6. The number of isocyanates is 1. The lowest BCUT2D eigenvalue weighted by Crippen LogP contribution is -2.35. The maximum atomic E-state index is 14.4. The lowest BCUT2D eigenvalue weighted by molar-refractivity contribution is 0.256. The van der Waals surface area contributed by atoms with Gasteiger partial charge in [0, 0.05) is 61.7 Å². The second-order valence-corrected chi connectivity index (χ2v) is 23.9. The summed E-state index contributed by atoms with van der Waals surface area (Å²) < 4.78 is 94.2. The minimum absolute atomic E-state index is 0.0743. The zero-order valence-electron chi connectivity index (χ0n) is 48.6. The maximum Gasteiger partial charge on any atom is 0.333 e. The molecule has 0 atom stereocenters. The van der Waals surface area contributed by atoms with Crippen molar-refractivity contribution >= 4 is 49.2 Å². The summed E-state index contributed by atoms with van der Waals surface area (Å²) in [6, 6.07) is 38.5. The molecular formula is C61H72F3N11O6S2. The van der Waals surface area contributed by atoms with Gasteiger partial charge >= 0.3 is 6.03 Å². The topological polar surface area (TPSA) is 233 Å². The Bertz CT molecular complexity index is 3780. The summed E-state index contributed by atoms with van der Waals surface area (Å²) in [5.74, 6) is -0.843. The molecule has 0 spiro atoms. The second kappa shape index (κ2) is 29.1. The SMILES string of the molecule is CC(C)c1cc(F)cc(-c2ccccc2)c1N.CC(C)c1cc(F)cc(-c2ccccc2)c1N=C=O.CC(C)c1cc(F)cc(-c2ccccc2)c1NC(=O)NS(=O)(=O)c1cc(CN(C)C)n(C)n1.CN(C)Cc1cc(S(N)(=O)=O)nn1C. The Labute approximate surface area is 485 Å². The summed E-state index contributed by atoms with van der Waals surface area (Å²) in [6.07, 6.45) is 1.56. The lowest BCUT2D eigenvalue weighted by Gasteiger charge is -2.19. The monoisotopic (exact) mass is 1180 g/mol. The molecule has 0 bridgehead atoms. The summed E-state index contributed by atoms with van der Waals surface area (Å²) in [5, 5.41) is 15.1. The highest BCUT2D eigenvalue weighted by Gasteiger charge is 2.25. The van der Waals surface area contributed by atoms with Gasteiger partial charge in [-0.25, -0.2) is 41.0 Å². The van der Waals surface area contributed by atoms with Crippen LogP contribution in [0.3, 0.4) is 0 Å². The predicted octanol–water partition coefficient (Wildman–Crippen LogP) is 11.8. The number of nitrogens with zero attached hydrogens (tertiary/aromatic N) is 7. The average molecular weight is 1180 g/mol. The number of halogens is 3. The van der Waals surface area contributed by atoms with E-state index in [0.717, 1.165) is 27.9 Å². The predicted molar refractivity (Wildman–Crippen MR) is 322 cm³/mol. The summed E-state index contributed by atoms with van der Waals surface area (Å²) in [5.41, 5.74) is 15.6. The smallest absolute Gasteiger partial charge is 0.333 e. The number of carbonyl (C=O) groups excluding carboxylic acids is 2. The molecule has 0 fully saturated rings. The standard InChI is InChI=1S/C23H28FN5O3S.C16H14FNO.C15H16FN.C7H14N4O2S/c1-15(2)19-11-17(24)12-20(16-9-7-6-8-10-16)22(19)25-23(30)27-33(31,32)21-13-18(14-28(3)4)29(5)26-21;1-11(2)14-8-13(17)9-15(16(14)18-10-19)12-6-4-3-5-7-12;1-10(2)13-8-12(16)9-14(15(13)17)11-6-4-3-5-7-11;1-10(2)5-6-4-7(9-11(6)3)14(8,12)13/h6-13,15H,14H2,1-5H3,(H2,25,27,30);3-9,11H,1-2H3;3-10H,17H2,1-2H3;4H,5H2,1-3H3,(H2,8,12,13). The van der Waals surface area contributed by atoms with E-state index in [1.54, 1.807) is 44.4 Å². The van der Waals surface area contributed by atoms with Gasteiger partial charge in [0.2, 0.25) is 6.08 Å². The number of anilines is 2. The third-order valence-electron chi connectivity index (χ3n) is 12.6. The Morgan fingerprint density at radius 2 is 0.976 bits per heavy atom. The van der Waals surface area contributed by atoms with Crippen molar-refractivity contribution in [2.45, 2.75) is 82.4 Å². The van der Waals surface area contributed by atoms with Gasteiger partial charge in [-0.3, -0.25) is 9.36 Å². The number of aryl methyl sites for hydroxylation is 2. The van der Waals surface area contributed by atoms with Crippen LogP contribution in [0, 0.1) is 17.5 Å². The van der Waals surface area contributed by atoms with Gasteiger partial charge in [-0.2, -0.15) is 23.6 Å². The van der Waals surface area contributed by atoms with Gasteiger partial charge in [-0.15, -0.1) is 0 Å². The number of benzene rings is 6. The first-order valence-electron chi connectivity index (χ1n) is 26.2. The first-order valence-corrected chi connectivity index (χ1v) is 29.3. The summed E-state index contributed by atoms with van der Waals surface area (Å²) in [7, 11) is 2.90. The van der Waals surface area contributed by atoms with Crippen molar-refractivity contribution in [3.8, 4) is 33.4 Å². The highest BCUT2D eigenvalue weighted by molar-refractivity contribution is 7.90. The fraction of sp³-hybridized carbons (Fsp3) is 0.279. The molecule has 6 aromatic carbocycles. The van der Waals surface area contributed by atoms with E-state index in [1.807, 2.05) is 151 Å². The second-order valence-electron chi connectivity index (χ2n) is 20.8. The van der Waals surface area contributed by atoms with Gasteiger partial charge in [-0.1, -0.05) is 133 Å². The van der Waals surface area contributed by atoms with Crippen LogP contribution < -0.4 is 20.9 Å². The van der Waals surface area contributed by atoms with Gasteiger partial charge in [0.15, 0.2) is 10.1 Å². The minimum atomic E-state index is -4.22. The minimum Gasteiger partial charge on any atom is -0.398 e. The van der Waals surface area contributed by atoms with E-state index < -0.39 is 31.9 Å². The van der Waals surface area contributed by atoms with Crippen LogP contribution in [0.5, 0.6) is 0 Å². The molecule has 2 amide bonds. The van der Waals surface area contributed by atoms with Crippen LogP contribution in [0.15, 0.2) is 155 Å². The molecule has 0 unspecified atom stereocenters. The van der Waals surface area contributed by atoms with Crippen LogP contribution >= 0.6 is 0 Å². The molecule has 440 valence electrons. The number of nitrogens with one attached hydrogen (secondary N) is 2. The highest BCUT2D eigenvalue weighted by Crippen LogP contribution is 2.39. The van der Waals surface area contributed by atoms with Crippen molar-refractivity contribution in [3.05, 3.63) is 185 Å². The normalized spacial score (nSPS) is 11.3. The van der Waals surface area contributed by atoms with Gasteiger partial charge in [0.05, 0.1) is 22.8 Å². The zero-order chi connectivity index (χ0) is 61.5. The average Bonchev–Trinajstić information content (AvgIpc) is 4.16. The maximum absolute atomic E-state index is 14.4. The molecule has 6 N–H and O–H groups in total. The largest absolute Gasteiger partial charge is 0.398 e. The molecule has 0 aliphatic rings. The van der Waals surface area contributed by atoms with Crippen LogP contribution in [0.4, 0.5) is 35.0 Å². The number of carbonyl (C=O) groups is 1. The molecule has 17 nitrogen and oxygen atoms in total. The van der Waals surface area contributed by atoms with Crippen molar-refractivity contribution in [2.75, 3.05) is 39.2 Å². The molecule has 2 aromatic heterocycles. The van der Waals surface area contributed by atoms with E-state index in [2.05, 4.69) is 20.5 Å². The number of hydrogen-bond acceptors (Lipinski definition) is 12. The number of hydrogen-bond donors (Lipinski definition) is 4. The third kappa shape index (κ3) is 18.4. The number of aliphatic imine (C=N–C) groups is 1. The van der Waals surface area contributed by atoms with Crippen molar-refractivity contribution in [3.63, 3.8) is 0 Å². The number of aromatic nitrogens is 4. The van der Waals surface area contributed by atoms with E-state index in [9.17, 15) is 39.6 Å². The Kier molecular flexibility index (Phi) is 23.0. The number of urea groups is 1. The van der Waals surface area contributed by atoms with Gasteiger partial charge in [0.1, 0.15) is 17.5 Å². The van der Waals surface area contributed by atoms with Gasteiger partial charge in [-0.05, 0) is 116 Å². The number of rotatable bonds is 15. The molecule has 2 heterocycles. The Morgan fingerprint density at radius 1 is 0.590 bits per heavy atom. The molecule has 0 aliphatic carbocycles. The number of nitrogen functional groups attached to an aromatic ring is 1. The third-order valence-corrected chi connectivity index (χ3v) is 14.6. The van der Waals surface area contributed by atoms with Crippen LogP contribution in [-0.4, -0.2) is 86.5 Å². The molecular weight excluding hydrogens is 1100 g/mol. The molecule has 83 heavy (non-hydrogen) atoms. The van der Waals surface area contributed by atoms with Crippen LogP contribution in [0.1, 0.15) is 87.4 Å². The van der Waals surface area contributed by atoms with Crippen molar-refractivity contribution < 1.29 is 39.6 Å².